The van der Waals surface area contributed by atoms with Crippen LogP contribution < -0.4 is 29.6 Å². The van der Waals surface area contributed by atoms with E-state index < -0.39 is 22.0 Å². The van der Waals surface area contributed by atoms with Gasteiger partial charge in [0.2, 0.25) is 0 Å². The quantitative estimate of drug-likeness (QED) is 0.255. The molecular formula is C16H33NaO4S. The first-order chi connectivity index (χ1) is 9.99. The summed E-state index contributed by atoms with van der Waals surface area (Å²) in [4.78, 5) is 0. The van der Waals surface area contributed by atoms with Crippen molar-refractivity contribution < 1.29 is 47.3 Å². The molecular weight excluding hydrogens is 311 g/mol. The van der Waals surface area contributed by atoms with Crippen molar-refractivity contribution in [1.82, 2.24) is 0 Å². The summed E-state index contributed by atoms with van der Waals surface area (Å²) in [5.74, 6) is -0.402. The summed E-state index contributed by atoms with van der Waals surface area (Å²) in [6.45, 7) is 2.24. The molecule has 0 aliphatic carbocycles. The van der Waals surface area contributed by atoms with Crippen molar-refractivity contribution in [2.45, 2.75) is 90.1 Å². The Hall–Kier alpha value is 0.870. The molecule has 0 aromatic rings. The molecule has 6 heteroatoms. The molecule has 4 nitrogen and oxygen atoms in total. The molecule has 1 unspecified atom stereocenters. The standard InChI is InChI=1S/C16H34O4S.Na/c1-3-4-5-6-7-8-9-10-11-12-13-14-16(20-2)15-21(17,18)19;/h16H,3-15H2,1-2H3,(H,17,18,19);/q;+1/p-1. The molecule has 0 amide bonds. The molecule has 1 atom stereocenters. The van der Waals surface area contributed by atoms with Crippen LogP contribution in [0, 0.1) is 0 Å². The molecule has 128 valence electrons. The molecule has 0 aliphatic rings. The Balaban J connectivity index is 0. The van der Waals surface area contributed by atoms with Crippen molar-refractivity contribution in [2.75, 3.05) is 12.9 Å². The first-order valence-corrected chi connectivity index (χ1v) is 10.0. The maximum absolute atomic E-state index is 10.7. The third kappa shape index (κ3) is 18.9. The number of methoxy groups -OCH3 is 1. The molecule has 0 aliphatic heterocycles. The van der Waals surface area contributed by atoms with E-state index >= 15 is 0 Å². The number of hydrogen-bond acceptors (Lipinski definition) is 4. The van der Waals surface area contributed by atoms with E-state index in [0.29, 0.717) is 6.42 Å². The minimum Gasteiger partial charge on any atom is -0.748 e. The Morgan fingerprint density at radius 3 is 1.64 bits per heavy atom. The molecule has 0 aromatic carbocycles. The van der Waals surface area contributed by atoms with Gasteiger partial charge in [0.05, 0.1) is 22.0 Å². The number of unbranched alkanes of at least 4 members (excludes halogenated alkanes) is 10. The van der Waals surface area contributed by atoms with E-state index in [4.69, 9.17) is 4.74 Å². The monoisotopic (exact) mass is 344 g/mol. The van der Waals surface area contributed by atoms with E-state index in [1.54, 1.807) is 0 Å². The van der Waals surface area contributed by atoms with Crippen molar-refractivity contribution >= 4 is 10.1 Å². The van der Waals surface area contributed by atoms with Gasteiger partial charge < -0.3 is 9.29 Å². The molecule has 0 spiro atoms. The molecule has 0 fully saturated rings. The molecule has 0 heterocycles. The van der Waals surface area contributed by atoms with Gasteiger partial charge in [0, 0.05) is 7.11 Å². The fraction of sp³-hybridized carbons (Fsp3) is 1.00. The summed E-state index contributed by atoms with van der Waals surface area (Å²) in [7, 11) is -2.71. The first-order valence-electron chi connectivity index (χ1n) is 8.46. The number of rotatable bonds is 15. The van der Waals surface area contributed by atoms with Gasteiger partial charge in [-0.25, -0.2) is 8.42 Å². The predicted molar refractivity (Wildman–Crippen MR) is 86.4 cm³/mol. The van der Waals surface area contributed by atoms with Gasteiger partial charge in [-0.1, -0.05) is 77.6 Å². The Labute approximate surface area is 159 Å². The molecule has 0 saturated heterocycles. The Morgan fingerprint density at radius 2 is 1.27 bits per heavy atom. The third-order valence-electron chi connectivity index (χ3n) is 3.85. The third-order valence-corrected chi connectivity index (χ3v) is 4.63. The van der Waals surface area contributed by atoms with Crippen molar-refractivity contribution in [1.29, 1.82) is 0 Å². The summed E-state index contributed by atoms with van der Waals surface area (Å²) in [6, 6.07) is 0. The largest absolute Gasteiger partial charge is 1.00 e. The molecule has 0 rings (SSSR count). The van der Waals surface area contributed by atoms with Gasteiger partial charge >= 0.3 is 29.6 Å². The zero-order valence-corrected chi connectivity index (χ0v) is 17.6. The average Bonchev–Trinajstić information content (AvgIpc) is 2.42. The van der Waals surface area contributed by atoms with Crippen LogP contribution in [0.4, 0.5) is 0 Å². The average molecular weight is 344 g/mol. The van der Waals surface area contributed by atoms with Crippen LogP contribution in [0.15, 0.2) is 0 Å². The maximum Gasteiger partial charge on any atom is 1.00 e. The van der Waals surface area contributed by atoms with Crippen LogP contribution in [-0.2, 0) is 14.9 Å². The maximum atomic E-state index is 10.7. The van der Waals surface area contributed by atoms with Gasteiger partial charge in [-0.2, -0.15) is 0 Å². The molecule has 0 radical (unpaired) electrons. The normalized spacial score (nSPS) is 12.9. The molecule has 22 heavy (non-hydrogen) atoms. The molecule has 0 bridgehead atoms. The van der Waals surface area contributed by atoms with Gasteiger partial charge in [-0.3, -0.25) is 0 Å². The van der Waals surface area contributed by atoms with Gasteiger partial charge in [-0.15, -0.1) is 0 Å². The van der Waals surface area contributed by atoms with Crippen LogP contribution in [0.3, 0.4) is 0 Å². The van der Waals surface area contributed by atoms with E-state index in [1.165, 1.54) is 64.9 Å². The smallest absolute Gasteiger partial charge is 0.748 e. The summed E-state index contributed by atoms with van der Waals surface area (Å²) >= 11 is 0. The summed E-state index contributed by atoms with van der Waals surface area (Å²) < 4.78 is 37.0. The zero-order valence-electron chi connectivity index (χ0n) is 14.8. The van der Waals surface area contributed by atoms with Gasteiger partial charge in [0.15, 0.2) is 0 Å². The van der Waals surface area contributed by atoms with Crippen molar-refractivity contribution in [3.05, 3.63) is 0 Å². The van der Waals surface area contributed by atoms with Crippen LogP contribution in [0.25, 0.3) is 0 Å². The number of hydrogen-bond donors (Lipinski definition) is 0. The molecule has 0 saturated carbocycles. The minimum atomic E-state index is -4.17. The van der Waals surface area contributed by atoms with E-state index in [2.05, 4.69) is 6.92 Å². The van der Waals surface area contributed by atoms with Crippen LogP contribution in [0.1, 0.15) is 84.0 Å². The van der Waals surface area contributed by atoms with Gasteiger partial charge in [0.1, 0.15) is 0 Å². The van der Waals surface area contributed by atoms with Gasteiger partial charge in [-0.05, 0) is 6.42 Å². The van der Waals surface area contributed by atoms with Gasteiger partial charge in [0.25, 0.3) is 0 Å². The fourth-order valence-electron chi connectivity index (χ4n) is 2.53. The zero-order chi connectivity index (χ0) is 16.0. The van der Waals surface area contributed by atoms with Crippen LogP contribution in [-0.4, -0.2) is 31.9 Å². The van der Waals surface area contributed by atoms with E-state index in [0.717, 1.165) is 12.8 Å². The summed E-state index contributed by atoms with van der Waals surface area (Å²) in [5, 5.41) is 0. The van der Waals surface area contributed by atoms with Crippen molar-refractivity contribution in [3.63, 3.8) is 0 Å². The Morgan fingerprint density at radius 1 is 0.864 bits per heavy atom. The second-order valence-corrected chi connectivity index (χ2v) is 7.35. The van der Waals surface area contributed by atoms with Crippen molar-refractivity contribution in [2.24, 2.45) is 0 Å². The van der Waals surface area contributed by atoms with E-state index in [-0.39, 0.29) is 29.6 Å². The summed E-state index contributed by atoms with van der Waals surface area (Å²) in [5.41, 5.74) is 0. The number of ether oxygens (including phenoxy) is 1. The molecule has 0 N–H and O–H groups in total. The van der Waals surface area contributed by atoms with Crippen LogP contribution >= 0.6 is 0 Å². The minimum absolute atomic E-state index is 0. The van der Waals surface area contributed by atoms with E-state index in [1.807, 2.05) is 0 Å². The topological polar surface area (TPSA) is 66.4 Å². The first kappa shape index (κ1) is 25.1. The Kier molecular flexibility index (Phi) is 19.1. The van der Waals surface area contributed by atoms with E-state index in [9.17, 15) is 13.0 Å². The second kappa shape index (κ2) is 16.7. The SMILES string of the molecule is CCCCCCCCCCCCCC(CS(=O)(=O)[O-])OC.[Na+]. The van der Waals surface area contributed by atoms with Crippen LogP contribution in [0.2, 0.25) is 0 Å². The molecule has 0 aromatic heterocycles. The van der Waals surface area contributed by atoms with Crippen LogP contribution in [0.5, 0.6) is 0 Å². The second-order valence-electron chi connectivity index (χ2n) is 5.91. The Bertz CT molecular complexity index is 320. The predicted octanol–water partition coefficient (Wildman–Crippen LogP) is 1.25. The fourth-order valence-corrected chi connectivity index (χ4v) is 3.29. The van der Waals surface area contributed by atoms with Crippen molar-refractivity contribution in [3.8, 4) is 0 Å². The summed E-state index contributed by atoms with van der Waals surface area (Å²) in [6.07, 6.45) is 14.1.